The normalized spacial score (nSPS) is 16.9. The van der Waals surface area contributed by atoms with E-state index in [4.69, 9.17) is 4.74 Å². The van der Waals surface area contributed by atoms with Gasteiger partial charge in [-0.15, -0.1) is 0 Å². The highest BCUT2D eigenvalue weighted by Gasteiger charge is 2.30. The number of hydrogen-bond acceptors (Lipinski definition) is 2. The summed E-state index contributed by atoms with van der Waals surface area (Å²) in [5.41, 5.74) is 2.77. The number of cyclic esters (lactones) is 1. The van der Waals surface area contributed by atoms with Gasteiger partial charge in [0.1, 0.15) is 6.54 Å². The highest BCUT2D eigenvalue weighted by molar-refractivity contribution is 5.71. The summed E-state index contributed by atoms with van der Waals surface area (Å²) in [4.78, 5) is 11.3. The summed E-state index contributed by atoms with van der Waals surface area (Å²) in [5, 5.41) is 0. The summed E-state index contributed by atoms with van der Waals surface area (Å²) in [5.74, 6) is 0.393. The van der Waals surface area contributed by atoms with E-state index in [1.807, 2.05) is 0 Å². The molecule has 0 unspecified atom stereocenters. The third-order valence-electron chi connectivity index (χ3n) is 5.33. The first kappa shape index (κ1) is 21.6. The molecule has 0 aliphatic carbocycles. The van der Waals surface area contributed by atoms with Crippen LogP contribution in [0.5, 0.6) is 0 Å². The second-order valence-electron chi connectivity index (χ2n) is 8.01. The molecule has 27 heavy (non-hydrogen) atoms. The van der Waals surface area contributed by atoms with Gasteiger partial charge in [-0.05, 0) is 24.0 Å². The minimum atomic E-state index is -0.0387. The molecular weight excluding hydrogens is 402 g/mol. The van der Waals surface area contributed by atoms with Gasteiger partial charge in [0.2, 0.25) is 0 Å². The fraction of sp³-hybridized carbons (Fsp3) is 0.435. The number of halogens is 1. The number of likely N-dealkylation sites (N-methyl/N-ethyl adjacent to an activating group) is 1. The average Bonchev–Trinajstić information content (AvgIpc) is 3.04. The summed E-state index contributed by atoms with van der Waals surface area (Å²) < 4.78 is 6.31. The highest BCUT2D eigenvalue weighted by atomic mass is 79.9. The molecule has 0 bridgehead atoms. The molecule has 2 aromatic carbocycles. The van der Waals surface area contributed by atoms with Crippen LogP contribution in [0.25, 0.3) is 0 Å². The Bertz CT molecular complexity index is 663. The second-order valence-corrected chi connectivity index (χ2v) is 8.01. The zero-order valence-electron chi connectivity index (χ0n) is 16.3. The van der Waals surface area contributed by atoms with Crippen LogP contribution in [0.1, 0.15) is 42.7 Å². The van der Waals surface area contributed by atoms with Crippen LogP contribution >= 0.6 is 0 Å². The lowest BCUT2D eigenvalue weighted by Crippen LogP contribution is -3.00. The number of ether oxygens (including phenoxy) is 1. The number of esters is 1. The molecule has 2 aromatic rings. The number of carbonyl (C=O) groups is 1. The summed E-state index contributed by atoms with van der Waals surface area (Å²) in [7, 11) is 4.48. The molecule has 1 aliphatic heterocycles. The first-order chi connectivity index (χ1) is 12.5. The van der Waals surface area contributed by atoms with Crippen molar-refractivity contribution < 1.29 is 31.0 Å². The molecule has 1 fully saturated rings. The van der Waals surface area contributed by atoms with Gasteiger partial charge >= 0.3 is 5.97 Å². The largest absolute Gasteiger partial charge is 1.00 e. The average molecular weight is 432 g/mol. The van der Waals surface area contributed by atoms with Crippen LogP contribution in [-0.2, 0) is 9.53 Å². The maximum atomic E-state index is 11.3. The van der Waals surface area contributed by atoms with E-state index in [0.717, 1.165) is 36.8 Å². The van der Waals surface area contributed by atoms with Gasteiger partial charge in [0, 0.05) is 18.8 Å². The Morgan fingerprint density at radius 2 is 1.56 bits per heavy atom. The number of quaternary nitrogens is 1. The maximum Gasteiger partial charge on any atom is 0.306 e. The van der Waals surface area contributed by atoms with E-state index in [1.165, 1.54) is 11.1 Å². The van der Waals surface area contributed by atoms with Crippen LogP contribution in [0, 0.1) is 0 Å². The van der Waals surface area contributed by atoms with Crippen LogP contribution in [0.2, 0.25) is 0 Å². The number of carbonyl (C=O) groups excluding carboxylic acids is 1. The van der Waals surface area contributed by atoms with Crippen LogP contribution < -0.4 is 17.0 Å². The van der Waals surface area contributed by atoms with E-state index in [9.17, 15) is 4.79 Å². The van der Waals surface area contributed by atoms with E-state index in [0.29, 0.717) is 12.3 Å². The molecule has 0 aromatic heterocycles. The van der Waals surface area contributed by atoms with Gasteiger partial charge in [0.15, 0.2) is 6.10 Å². The fourth-order valence-corrected chi connectivity index (χ4v) is 3.97. The van der Waals surface area contributed by atoms with Crippen molar-refractivity contribution in [3.05, 3.63) is 71.8 Å². The topological polar surface area (TPSA) is 26.3 Å². The van der Waals surface area contributed by atoms with Gasteiger partial charge in [0.25, 0.3) is 0 Å². The first-order valence-electron chi connectivity index (χ1n) is 9.65. The molecule has 0 spiro atoms. The van der Waals surface area contributed by atoms with Gasteiger partial charge in [-0.25, -0.2) is 0 Å². The lowest BCUT2D eigenvalue weighted by atomic mass is 9.87. The molecule has 0 amide bonds. The number of hydrogen-bond donors (Lipinski definition) is 0. The van der Waals surface area contributed by atoms with Crippen molar-refractivity contribution in [1.29, 1.82) is 0 Å². The Balaban J connectivity index is 0.00000261. The molecule has 1 heterocycles. The molecule has 0 N–H and O–H groups in total. The maximum absolute atomic E-state index is 11.3. The van der Waals surface area contributed by atoms with Gasteiger partial charge in [-0.2, -0.15) is 0 Å². The minimum absolute atomic E-state index is 0. The first-order valence-corrected chi connectivity index (χ1v) is 9.65. The van der Waals surface area contributed by atoms with Crippen molar-refractivity contribution >= 4 is 5.97 Å². The van der Waals surface area contributed by atoms with E-state index in [1.54, 1.807) is 0 Å². The van der Waals surface area contributed by atoms with Gasteiger partial charge in [-0.3, -0.25) is 4.79 Å². The van der Waals surface area contributed by atoms with Crippen LogP contribution in [0.15, 0.2) is 60.7 Å². The van der Waals surface area contributed by atoms with Gasteiger partial charge in [0.05, 0.1) is 20.6 Å². The van der Waals surface area contributed by atoms with Crippen molar-refractivity contribution in [2.45, 2.75) is 37.7 Å². The predicted molar refractivity (Wildman–Crippen MR) is 105 cm³/mol. The van der Waals surface area contributed by atoms with E-state index in [-0.39, 0.29) is 29.1 Å². The molecule has 146 valence electrons. The smallest absolute Gasteiger partial charge is 0.306 e. The molecule has 3 rings (SSSR count). The Morgan fingerprint density at radius 3 is 2.04 bits per heavy atom. The molecular formula is C23H30BrNO2. The molecule has 0 saturated carbocycles. The summed E-state index contributed by atoms with van der Waals surface area (Å²) in [6.45, 7) is 2.00. The highest BCUT2D eigenvalue weighted by Crippen LogP contribution is 2.29. The Morgan fingerprint density at radius 1 is 1.00 bits per heavy atom. The molecule has 1 saturated heterocycles. The third-order valence-corrected chi connectivity index (χ3v) is 5.33. The van der Waals surface area contributed by atoms with Gasteiger partial charge in [-0.1, -0.05) is 60.7 Å². The third kappa shape index (κ3) is 6.47. The molecule has 4 heteroatoms. The zero-order valence-corrected chi connectivity index (χ0v) is 17.9. The van der Waals surface area contributed by atoms with Crippen molar-refractivity contribution in [1.82, 2.24) is 0 Å². The van der Waals surface area contributed by atoms with Crippen LogP contribution in [0.4, 0.5) is 0 Å². The molecule has 3 nitrogen and oxygen atoms in total. The Kier molecular flexibility index (Phi) is 8.06. The molecule has 1 atom stereocenters. The lowest BCUT2D eigenvalue weighted by Gasteiger charge is -2.32. The van der Waals surface area contributed by atoms with E-state index in [2.05, 4.69) is 74.8 Å². The van der Waals surface area contributed by atoms with Crippen molar-refractivity contribution in [2.24, 2.45) is 0 Å². The minimum Gasteiger partial charge on any atom is -1.00 e. The SMILES string of the molecule is C[N+](C)(CCCC(c1ccccc1)c1ccccc1)C[C@H]1CCC(=O)O1.[Br-]. The summed E-state index contributed by atoms with van der Waals surface area (Å²) in [6, 6.07) is 21.6. The van der Waals surface area contributed by atoms with Gasteiger partial charge < -0.3 is 26.2 Å². The summed E-state index contributed by atoms with van der Waals surface area (Å²) in [6.07, 6.45) is 3.81. The standard InChI is InChI=1S/C23H30NO2.BrH/c1-24(2,18-21-15-16-23(25)26-21)17-9-14-22(19-10-5-3-6-11-19)20-12-7-4-8-13-20;/h3-8,10-13,21-22H,9,14-18H2,1-2H3;1H/q+1;/p-1/t21-;/m1./s1. The van der Waals surface area contributed by atoms with Crippen LogP contribution in [0.3, 0.4) is 0 Å². The quantitative estimate of drug-likeness (QED) is 0.466. The Labute approximate surface area is 173 Å². The Hall–Kier alpha value is -1.65. The van der Waals surface area contributed by atoms with E-state index >= 15 is 0 Å². The summed E-state index contributed by atoms with van der Waals surface area (Å²) >= 11 is 0. The van der Waals surface area contributed by atoms with E-state index < -0.39 is 0 Å². The van der Waals surface area contributed by atoms with Crippen LogP contribution in [-0.4, -0.2) is 43.7 Å². The number of benzene rings is 2. The predicted octanol–water partition coefficient (Wildman–Crippen LogP) is 1.38. The fourth-order valence-electron chi connectivity index (χ4n) is 3.97. The van der Waals surface area contributed by atoms with Crippen molar-refractivity contribution in [3.63, 3.8) is 0 Å². The number of rotatable bonds is 8. The lowest BCUT2D eigenvalue weighted by molar-refractivity contribution is -0.893. The van der Waals surface area contributed by atoms with Crippen molar-refractivity contribution in [2.75, 3.05) is 27.2 Å². The zero-order chi connectivity index (χ0) is 18.4. The second kappa shape index (κ2) is 10.0. The molecule has 1 aliphatic rings. The number of nitrogens with zero attached hydrogens (tertiary/aromatic N) is 1. The van der Waals surface area contributed by atoms with Crippen molar-refractivity contribution in [3.8, 4) is 0 Å². The monoisotopic (exact) mass is 431 g/mol. The molecule has 0 radical (unpaired) electrons.